The van der Waals surface area contributed by atoms with Gasteiger partial charge in [0.2, 0.25) is 5.95 Å². The van der Waals surface area contributed by atoms with E-state index in [0.29, 0.717) is 5.95 Å². The average molecular weight is 214 g/mol. The molecule has 1 heterocycles. The number of para-hydroxylation sites is 1. The van der Waals surface area contributed by atoms with E-state index >= 15 is 0 Å². The summed E-state index contributed by atoms with van der Waals surface area (Å²) in [6.45, 7) is 0. The van der Waals surface area contributed by atoms with Crippen molar-refractivity contribution in [1.29, 1.82) is 5.41 Å². The van der Waals surface area contributed by atoms with Gasteiger partial charge < -0.3 is 5.73 Å². The Morgan fingerprint density at radius 1 is 1.12 bits per heavy atom. The van der Waals surface area contributed by atoms with Gasteiger partial charge in [-0.05, 0) is 12.1 Å². The third-order valence-corrected chi connectivity index (χ3v) is 1.94. The Morgan fingerprint density at radius 2 is 1.75 bits per heavy atom. The molecule has 2 rings (SSSR count). The van der Waals surface area contributed by atoms with E-state index in [1.54, 1.807) is 0 Å². The number of rotatable bonds is 2. The molecule has 0 saturated heterocycles. The highest BCUT2D eigenvalue weighted by atomic mass is 15.3. The first-order valence-electron chi connectivity index (χ1n) is 4.60. The highest BCUT2D eigenvalue weighted by molar-refractivity contribution is 5.97. The van der Waals surface area contributed by atoms with Gasteiger partial charge in [-0.25, -0.2) is 19.9 Å². The summed E-state index contributed by atoms with van der Waals surface area (Å²) in [7, 11) is 0. The molecular weight excluding hydrogens is 204 g/mol. The van der Waals surface area contributed by atoms with Gasteiger partial charge in [0.25, 0.3) is 0 Å². The van der Waals surface area contributed by atoms with E-state index in [9.17, 15) is 0 Å². The van der Waals surface area contributed by atoms with Crippen LogP contribution in [0.1, 0.15) is 0 Å². The third-order valence-electron chi connectivity index (χ3n) is 1.94. The van der Waals surface area contributed by atoms with Crippen molar-refractivity contribution in [3.63, 3.8) is 0 Å². The van der Waals surface area contributed by atoms with Gasteiger partial charge in [-0.3, -0.25) is 5.41 Å². The van der Waals surface area contributed by atoms with Crippen LogP contribution in [0, 0.1) is 5.41 Å². The Labute approximate surface area is 92.3 Å². The van der Waals surface area contributed by atoms with Crippen molar-refractivity contribution < 1.29 is 0 Å². The molecule has 0 aliphatic heterocycles. The minimum atomic E-state index is -0.141. The molecule has 0 atom stereocenters. The summed E-state index contributed by atoms with van der Waals surface area (Å²) in [4.78, 5) is 13.1. The number of guanidine groups is 1. The second-order valence-electron chi connectivity index (χ2n) is 2.99. The molecule has 0 spiro atoms. The van der Waals surface area contributed by atoms with E-state index in [4.69, 9.17) is 11.1 Å². The molecule has 6 heteroatoms. The van der Waals surface area contributed by atoms with Gasteiger partial charge >= 0.3 is 0 Å². The Balaban J connectivity index is 2.44. The minimum Gasteiger partial charge on any atom is -0.369 e. The van der Waals surface area contributed by atoms with Crippen LogP contribution in [-0.4, -0.2) is 20.9 Å². The van der Waals surface area contributed by atoms with Crippen molar-refractivity contribution in [3.8, 4) is 0 Å². The van der Waals surface area contributed by atoms with Crippen LogP contribution in [0.2, 0.25) is 0 Å². The maximum atomic E-state index is 7.53. The summed E-state index contributed by atoms with van der Waals surface area (Å²) < 4.78 is 0. The van der Waals surface area contributed by atoms with Crippen molar-refractivity contribution >= 4 is 17.6 Å². The molecule has 1 aromatic heterocycles. The van der Waals surface area contributed by atoms with Gasteiger partial charge in [0.15, 0.2) is 5.96 Å². The minimum absolute atomic E-state index is 0.141. The molecular formula is C10H10N6. The second kappa shape index (κ2) is 4.35. The molecule has 2 aromatic rings. The van der Waals surface area contributed by atoms with Crippen LogP contribution < -0.4 is 10.6 Å². The fourth-order valence-electron chi connectivity index (χ4n) is 1.29. The monoisotopic (exact) mass is 214 g/mol. The highest BCUT2D eigenvalue weighted by Crippen LogP contribution is 2.19. The molecule has 0 aliphatic rings. The van der Waals surface area contributed by atoms with Gasteiger partial charge in [0, 0.05) is 0 Å². The van der Waals surface area contributed by atoms with Crippen molar-refractivity contribution in [2.24, 2.45) is 5.73 Å². The molecule has 0 radical (unpaired) electrons. The topological polar surface area (TPSA) is 91.8 Å². The van der Waals surface area contributed by atoms with Crippen LogP contribution in [0.25, 0.3) is 0 Å². The average Bonchev–Trinajstić information content (AvgIpc) is 2.31. The molecule has 6 nitrogen and oxygen atoms in total. The standard InChI is InChI=1S/C10H10N6/c11-9(12)16(8-4-2-1-3-5-8)10-14-6-13-7-15-10/h1-7H,(H3,11,12). The molecule has 0 amide bonds. The molecule has 16 heavy (non-hydrogen) atoms. The summed E-state index contributed by atoms with van der Waals surface area (Å²) in [6.07, 6.45) is 2.72. The molecule has 0 aliphatic carbocycles. The van der Waals surface area contributed by atoms with Gasteiger partial charge in [-0.15, -0.1) is 0 Å². The van der Waals surface area contributed by atoms with Crippen LogP contribution in [0.5, 0.6) is 0 Å². The number of aromatic nitrogens is 3. The Morgan fingerprint density at radius 3 is 2.31 bits per heavy atom. The Bertz CT molecular complexity index is 430. The summed E-state index contributed by atoms with van der Waals surface area (Å²) in [5, 5.41) is 7.53. The lowest BCUT2D eigenvalue weighted by Gasteiger charge is -2.19. The van der Waals surface area contributed by atoms with Gasteiger partial charge in [-0.2, -0.15) is 0 Å². The zero-order chi connectivity index (χ0) is 11.4. The first-order valence-corrected chi connectivity index (χ1v) is 4.60. The molecule has 0 fully saturated rings. The number of benzene rings is 1. The van der Waals surface area contributed by atoms with Gasteiger partial charge in [0.05, 0.1) is 5.69 Å². The lowest BCUT2D eigenvalue weighted by Crippen LogP contribution is -2.33. The summed E-state index contributed by atoms with van der Waals surface area (Å²) in [5.74, 6) is 0.186. The predicted octanol–water partition coefficient (Wildman–Crippen LogP) is 0.903. The second-order valence-corrected chi connectivity index (χ2v) is 2.99. The number of hydrogen-bond donors (Lipinski definition) is 2. The van der Waals surface area contributed by atoms with Crippen LogP contribution >= 0.6 is 0 Å². The summed E-state index contributed by atoms with van der Waals surface area (Å²) >= 11 is 0. The van der Waals surface area contributed by atoms with Crippen molar-refractivity contribution in [2.45, 2.75) is 0 Å². The zero-order valence-corrected chi connectivity index (χ0v) is 8.41. The number of nitrogens with one attached hydrogen (secondary N) is 1. The number of nitrogens with zero attached hydrogens (tertiary/aromatic N) is 4. The molecule has 0 unspecified atom stereocenters. The largest absolute Gasteiger partial charge is 0.369 e. The number of hydrogen-bond acceptors (Lipinski definition) is 4. The number of nitrogens with two attached hydrogens (primary N) is 1. The van der Waals surface area contributed by atoms with E-state index in [1.807, 2.05) is 30.3 Å². The van der Waals surface area contributed by atoms with Gasteiger partial charge in [-0.1, -0.05) is 18.2 Å². The molecule has 0 saturated carbocycles. The lowest BCUT2D eigenvalue weighted by molar-refractivity contribution is 1.01. The third kappa shape index (κ3) is 1.95. The Kier molecular flexibility index (Phi) is 2.73. The summed E-state index contributed by atoms with van der Waals surface area (Å²) in [5.41, 5.74) is 6.25. The highest BCUT2D eigenvalue weighted by Gasteiger charge is 2.13. The Hall–Kier alpha value is -2.50. The fourth-order valence-corrected chi connectivity index (χ4v) is 1.29. The SMILES string of the molecule is N=C(N)N(c1ccccc1)c1ncncn1. The maximum Gasteiger partial charge on any atom is 0.239 e. The van der Waals surface area contributed by atoms with E-state index in [-0.39, 0.29) is 5.96 Å². The van der Waals surface area contributed by atoms with Crippen LogP contribution in [0.3, 0.4) is 0 Å². The fraction of sp³-hybridized carbons (Fsp3) is 0. The lowest BCUT2D eigenvalue weighted by atomic mass is 10.3. The van der Waals surface area contributed by atoms with E-state index in [1.165, 1.54) is 17.6 Å². The first-order chi connectivity index (χ1) is 7.79. The van der Waals surface area contributed by atoms with Crippen molar-refractivity contribution in [2.75, 3.05) is 4.90 Å². The van der Waals surface area contributed by atoms with Crippen LogP contribution in [-0.2, 0) is 0 Å². The van der Waals surface area contributed by atoms with Crippen molar-refractivity contribution in [1.82, 2.24) is 15.0 Å². The maximum absolute atomic E-state index is 7.53. The smallest absolute Gasteiger partial charge is 0.239 e. The summed E-state index contributed by atoms with van der Waals surface area (Å²) in [6, 6.07) is 9.24. The first kappa shape index (κ1) is 10.0. The number of anilines is 2. The normalized spacial score (nSPS) is 9.75. The van der Waals surface area contributed by atoms with Crippen molar-refractivity contribution in [3.05, 3.63) is 43.0 Å². The zero-order valence-electron chi connectivity index (χ0n) is 8.41. The predicted molar refractivity (Wildman–Crippen MR) is 60.3 cm³/mol. The quantitative estimate of drug-likeness (QED) is 0.572. The molecule has 3 N–H and O–H groups in total. The molecule has 80 valence electrons. The van der Waals surface area contributed by atoms with Crippen LogP contribution in [0.15, 0.2) is 43.0 Å². The van der Waals surface area contributed by atoms with Crippen LogP contribution in [0.4, 0.5) is 11.6 Å². The van der Waals surface area contributed by atoms with E-state index in [0.717, 1.165) is 5.69 Å². The van der Waals surface area contributed by atoms with E-state index in [2.05, 4.69) is 15.0 Å². The van der Waals surface area contributed by atoms with E-state index < -0.39 is 0 Å². The molecule has 0 bridgehead atoms. The molecule has 1 aromatic carbocycles. The van der Waals surface area contributed by atoms with Gasteiger partial charge in [0.1, 0.15) is 12.7 Å².